The highest BCUT2D eigenvalue weighted by Crippen LogP contribution is 2.28. The molecule has 0 saturated carbocycles. The summed E-state index contributed by atoms with van der Waals surface area (Å²) in [5.74, 6) is -0.0434. The van der Waals surface area contributed by atoms with Crippen molar-refractivity contribution in [3.63, 3.8) is 0 Å². The molecule has 0 aliphatic carbocycles. The summed E-state index contributed by atoms with van der Waals surface area (Å²) >= 11 is 3.29. The first-order chi connectivity index (χ1) is 7.43. The zero-order valence-electron chi connectivity index (χ0n) is 9.47. The fraction of sp³-hybridized carbons (Fsp3) is 0.545. The number of carbonyl (C=O) groups is 1. The molecule has 3 N–H and O–H groups in total. The van der Waals surface area contributed by atoms with E-state index in [0.29, 0.717) is 0 Å². The third-order valence-electron chi connectivity index (χ3n) is 2.46. The molecule has 0 unspecified atom stereocenters. The molecule has 0 aliphatic rings. The third-order valence-corrected chi connectivity index (χ3v) is 4.60. The number of aliphatic carboxylic acids is 1. The number of thioether (sulfide) groups is 1. The van der Waals surface area contributed by atoms with Gasteiger partial charge in [-0.15, -0.1) is 0 Å². The molecule has 0 radical (unpaired) electrons. The van der Waals surface area contributed by atoms with Gasteiger partial charge < -0.3 is 10.8 Å². The first-order valence-corrected chi connectivity index (χ1v) is 7.00. The van der Waals surface area contributed by atoms with Crippen LogP contribution >= 0.6 is 23.1 Å². The van der Waals surface area contributed by atoms with E-state index in [1.807, 2.05) is 19.2 Å². The largest absolute Gasteiger partial charge is 0.480 e. The topological polar surface area (TPSA) is 63.3 Å². The van der Waals surface area contributed by atoms with Gasteiger partial charge in [-0.25, -0.2) is 0 Å². The van der Waals surface area contributed by atoms with Crippen LogP contribution in [0.3, 0.4) is 0 Å². The Morgan fingerprint density at radius 3 is 2.88 bits per heavy atom. The maximum absolute atomic E-state index is 10.8. The second kappa shape index (κ2) is 5.70. The van der Waals surface area contributed by atoms with Gasteiger partial charge in [-0.1, -0.05) is 0 Å². The van der Waals surface area contributed by atoms with Crippen LogP contribution in [0.25, 0.3) is 0 Å². The molecule has 16 heavy (non-hydrogen) atoms. The number of carboxylic acids is 1. The Labute approximate surface area is 104 Å². The van der Waals surface area contributed by atoms with Crippen LogP contribution in [0.1, 0.15) is 19.4 Å². The zero-order valence-corrected chi connectivity index (χ0v) is 11.1. The van der Waals surface area contributed by atoms with Crippen LogP contribution in [0.2, 0.25) is 0 Å². The van der Waals surface area contributed by atoms with E-state index >= 15 is 0 Å². The van der Waals surface area contributed by atoms with Crippen molar-refractivity contribution in [1.29, 1.82) is 0 Å². The smallest absolute Gasteiger partial charge is 0.321 e. The molecule has 1 heterocycles. The molecule has 0 amide bonds. The summed E-state index contributed by atoms with van der Waals surface area (Å²) in [6, 6.07) is 1.27. The number of aryl methyl sites for hydroxylation is 1. The molecule has 1 atom stereocenters. The van der Waals surface area contributed by atoms with Gasteiger partial charge in [0.05, 0.1) is 0 Å². The van der Waals surface area contributed by atoms with Gasteiger partial charge in [0.1, 0.15) is 6.04 Å². The highest BCUT2D eigenvalue weighted by atomic mass is 32.2. The van der Waals surface area contributed by atoms with Crippen LogP contribution < -0.4 is 5.73 Å². The zero-order chi connectivity index (χ0) is 12.2. The van der Waals surface area contributed by atoms with Crippen LogP contribution in [0.4, 0.5) is 0 Å². The van der Waals surface area contributed by atoms with Crippen molar-refractivity contribution in [1.82, 2.24) is 0 Å². The minimum atomic E-state index is -0.937. The van der Waals surface area contributed by atoms with Crippen molar-refractivity contribution in [3.8, 4) is 0 Å². The van der Waals surface area contributed by atoms with Crippen LogP contribution in [-0.2, 0) is 11.2 Å². The second-order valence-electron chi connectivity index (χ2n) is 4.15. The van der Waals surface area contributed by atoms with Gasteiger partial charge in [0.15, 0.2) is 0 Å². The molecule has 3 nitrogen and oxygen atoms in total. The van der Waals surface area contributed by atoms with Gasteiger partial charge in [-0.3, -0.25) is 4.79 Å². The van der Waals surface area contributed by atoms with Gasteiger partial charge in [0.25, 0.3) is 0 Å². The van der Waals surface area contributed by atoms with Crippen LogP contribution in [0.15, 0.2) is 16.8 Å². The highest BCUT2D eigenvalue weighted by Gasteiger charge is 2.32. The van der Waals surface area contributed by atoms with E-state index < -0.39 is 16.8 Å². The Kier molecular flexibility index (Phi) is 4.83. The summed E-state index contributed by atoms with van der Waals surface area (Å²) < 4.78 is -0.429. The molecule has 1 rings (SSSR count). The molecule has 5 heteroatoms. The normalized spacial score (nSPS) is 13.7. The van der Waals surface area contributed by atoms with E-state index in [0.717, 1.165) is 12.2 Å². The summed E-state index contributed by atoms with van der Waals surface area (Å²) in [7, 11) is 0. The molecular weight excluding hydrogens is 242 g/mol. The molecule has 0 bridgehead atoms. The summed E-state index contributed by atoms with van der Waals surface area (Å²) in [4.78, 5) is 10.8. The van der Waals surface area contributed by atoms with Gasteiger partial charge in [-0.05, 0) is 48.4 Å². The lowest BCUT2D eigenvalue weighted by atomic mass is 10.1. The standard InChI is InChI=1S/C11H17NO2S2/c1-11(2,9(12)10(13)14)16-6-4-8-3-5-15-7-8/h3,5,7,9H,4,6,12H2,1-2H3,(H,13,14)/t9-/m1/s1. The van der Waals surface area contributed by atoms with Crippen LogP contribution in [0, 0.1) is 0 Å². The van der Waals surface area contributed by atoms with E-state index in [4.69, 9.17) is 10.8 Å². The number of hydrogen-bond donors (Lipinski definition) is 2. The molecule has 0 spiro atoms. The van der Waals surface area contributed by atoms with Crippen LogP contribution in [0.5, 0.6) is 0 Å². The molecule has 0 fully saturated rings. The molecule has 0 saturated heterocycles. The highest BCUT2D eigenvalue weighted by molar-refractivity contribution is 8.00. The monoisotopic (exact) mass is 259 g/mol. The van der Waals surface area contributed by atoms with Crippen molar-refractivity contribution >= 4 is 29.1 Å². The van der Waals surface area contributed by atoms with Crippen molar-refractivity contribution in [2.75, 3.05) is 5.75 Å². The maximum atomic E-state index is 10.8. The van der Waals surface area contributed by atoms with E-state index in [1.165, 1.54) is 5.56 Å². The average Bonchev–Trinajstić information content (AvgIpc) is 2.69. The second-order valence-corrected chi connectivity index (χ2v) is 6.68. The van der Waals surface area contributed by atoms with Crippen molar-refractivity contribution in [2.45, 2.75) is 31.1 Å². The van der Waals surface area contributed by atoms with E-state index in [2.05, 4.69) is 11.4 Å². The first kappa shape index (κ1) is 13.5. The Morgan fingerprint density at radius 1 is 1.69 bits per heavy atom. The average molecular weight is 259 g/mol. The van der Waals surface area contributed by atoms with Crippen molar-refractivity contribution < 1.29 is 9.90 Å². The SMILES string of the molecule is CC(C)(SCCc1ccsc1)[C@H](N)C(=O)O. The minimum absolute atomic E-state index is 0.429. The molecule has 0 aromatic carbocycles. The lowest BCUT2D eigenvalue weighted by Gasteiger charge is -2.27. The Bertz CT molecular complexity index is 336. The number of carboxylic acid groups (broad SMARTS) is 1. The minimum Gasteiger partial charge on any atom is -0.480 e. The van der Waals surface area contributed by atoms with E-state index in [9.17, 15) is 4.79 Å². The molecule has 1 aromatic heterocycles. The Balaban J connectivity index is 2.39. The third kappa shape index (κ3) is 3.81. The maximum Gasteiger partial charge on any atom is 0.321 e. The number of hydrogen-bond acceptors (Lipinski definition) is 4. The fourth-order valence-electron chi connectivity index (χ4n) is 1.25. The number of nitrogens with two attached hydrogens (primary N) is 1. The summed E-state index contributed by atoms with van der Waals surface area (Å²) in [6.07, 6.45) is 0.962. The van der Waals surface area contributed by atoms with Crippen LogP contribution in [-0.4, -0.2) is 27.6 Å². The van der Waals surface area contributed by atoms with E-state index in [1.54, 1.807) is 23.1 Å². The van der Waals surface area contributed by atoms with Gasteiger partial charge in [0.2, 0.25) is 0 Å². The lowest BCUT2D eigenvalue weighted by molar-refractivity contribution is -0.139. The summed E-state index contributed by atoms with van der Waals surface area (Å²) in [5, 5.41) is 13.0. The molecule has 90 valence electrons. The summed E-state index contributed by atoms with van der Waals surface area (Å²) in [5.41, 5.74) is 6.94. The lowest BCUT2D eigenvalue weighted by Crippen LogP contribution is -2.46. The Hall–Kier alpha value is -0.520. The van der Waals surface area contributed by atoms with Gasteiger partial charge >= 0.3 is 5.97 Å². The predicted molar refractivity (Wildman–Crippen MR) is 70.2 cm³/mol. The first-order valence-electron chi connectivity index (χ1n) is 5.07. The van der Waals surface area contributed by atoms with Crippen molar-refractivity contribution in [3.05, 3.63) is 22.4 Å². The van der Waals surface area contributed by atoms with Gasteiger partial charge in [0, 0.05) is 4.75 Å². The number of thiophene rings is 1. The molecular formula is C11H17NO2S2. The molecule has 0 aliphatic heterocycles. The predicted octanol–water partition coefficient (Wildman–Crippen LogP) is 2.21. The Morgan fingerprint density at radius 2 is 2.38 bits per heavy atom. The fourth-order valence-corrected chi connectivity index (χ4v) is 3.10. The van der Waals surface area contributed by atoms with Crippen molar-refractivity contribution in [2.24, 2.45) is 5.73 Å². The molecule has 1 aromatic rings. The quantitative estimate of drug-likeness (QED) is 0.822. The van der Waals surface area contributed by atoms with Gasteiger partial charge in [-0.2, -0.15) is 23.1 Å². The summed E-state index contributed by atoms with van der Waals surface area (Å²) in [6.45, 7) is 3.76. The number of rotatable bonds is 6. The van der Waals surface area contributed by atoms with E-state index in [-0.39, 0.29) is 0 Å².